The summed E-state index contributed by atoms with van der Waals surface area (Å²) < 4.78 is 5.57. The van der Waals surface area contributed by atoms with Crippen LogP contribution in [0.1, 0.15) is 51.4 Å². The Morgan fingerprint density at radius 1 is 0.842 bits per heavy atom. The van der Waals surface area contributed by atoms with Crippen molar-refractivity contribution in [2.45, 2.75) is 63.5 Å². The Bertz CT molecular complexity index is 233. The number of piperidine rings is 1. The Kier molecular flexibility index (Phi) is 5.14. The fourth-order valence-electron chi connectivity index (χ4n) is 4.36. The lowest BCUT2D eigenvalue weighted by molar-refractivity contribution is 0.00133. The molecule has 110 valence electrons. The van der Waals surface area contributed by atoms with Gasteiger partial charge < -0.3 is 10.1 Å². The number of hydrogen-bond acceptors (Lipinski definition) is 3. The van der Waals surface area contributed by atoms with E-state index in [1.807, 2.05) is 0 Å². The van der Waals surface area contributed by atoms with Crippen molar-refractivity contribution in [2.24, 2.45) is 5.92 Å². The number of rotatable bonds is 2. The van der Waals surface area contributed by atoms with Crippen LogP contribution in [0.15, 0.2) is 0 Å². The van der Waals surface area contributed by atoms with Crippen LogP contribution in [-0.4, -0.2) is 49.8 Å². The number of nitrogens with one attached hydrogen (secondary N) is 1. The number of ether oxygens (including phenoxy) is 1. The summed E-state index contributed by atoms with van der Waals surface area (Å²) in [5, 5.41) is 3.53. The van der Waals surface area contributed by atoms with Gasteiger partial charge in [-0.1, -0.05) is 12.8 Å². The van der Waals surface area contributed by atoms with Crippen LogP contribution in [0.25, 0.3) is 0 Å². The molecule has 0 amide bonds. The second kappa shape index (κ2) is 7.05. The van der Waals surface area contributed by atoms with Gasteiger partial charge in [-0.05, 0) is 64.1 Å². The largest absolute Gasteiger partial charge is 0.381 e. The van der Waals surface area contributed by atoms with Crippen LogP contribution in [0, 0.1) is 5.92 Å². The number of likely N-dealkylation sites (tertiary alicyclic amines) is 1. The molecule has 1 unspecified atom stereocenters. The van der Waals surface area contributed by atoms with E-state index in [-0.39, 0.29) is 0 Å². The first-order valence-corrected chi connectivity index (χ1v) is 8.49. The van der Waals surface area contributed by atoms with Crippen molar-refractivity contribution in [1.29, 1.82) is 0 Å². The minimum absolute atomic E-state index is 0.812. The van der Waals surface area contributed by atoms with E-state index in [1.165, 1.54) is 71.0 Å². The first-order chi connectivity index (χ1) is 9.45. The molecule has 0 spiro atoms. The Balaban J connectivity index is 1.68. The van der Waals surface area contributed by atoms with Crippen molar-refractivity contribution < 1.29 is 4.74 Å². The Morgan fingerprint density at radius 2 is 1.63 bits per heavy atom. The smallest absolute Gasteiger partial charge is 0.0480 e. The summed E-state index contributed by atoms with van der Waals surface area (Å²) in [6.45, 7) is 5.80. The molecule has 0 aromatic carbocycles. The van der Waals surface area contributed by atoms with Crippen LogP contribution in [0.2, 0.25) is 0 Å². The molecular weight excluding hydrogens is 236 g/mol. The van der Waals surface area contributed by atoms with Gasteiger partial charge in [0.15, 0.2) is 0 Å². The monoisotopic (exact) mass is 266 g/mol. The maximum absolute atomic E-state index is 5.57. The molecule has 3 heteroatoms. The first kappa shape index (κ1) is 13.8. The minimum Gasteiger partial charge on any atom is -0.381 e. The molecule has 1 atom stereocenters. The fourth-order valence-corrected chi connectivity index (χ4v) is 4.36. The third-order valence-electron chi connectivity index (χ3n) is 5.43. The van der Waals surface area contributed by atoms with Crippen molar-refractivity contribution in [3.8, 4) is 0 Å². The number of hydrogen-bond donors (Lipinski definition) is 1. The highest BCUT2D eigenvalue weighted by atomic mass is 16.5. The van der Waals surface area contributed by atoms with Crippen molar-refractivity contribution in [2.75, 3.05) is 32.8 Å². The number of nitrogens with zero attached hydrogens (tertiary/aromatic N) is 1. The van der Waals surface area contributed by atoms with Crippen LogP contribution in [0.4, 0.5) is 0 Å². The van der Waals surface area contributed by atoms with Gasteiger partial charge in [-0.25, -0.2) is 0 Å². The van der Waals surface area contributed by atoms with E-state index in [4.69, 9.17) is 4.74 Å². The second-order valence-corrected chi connectivity index (χ2v) is 6.59. The highest BCUT2D eigenvalue weighted by Gasteiger charge is 2.34. The molecule has 3 aliphatic rings. The molecule has 3 nitrogen and oxygen atoms in total. The molecule has 19 heavy (non-hydrogen) atoms. The lowest BCUT2D eigenvalue weighted by atomic mass is 9.85. The van der Waals surface area contributed by atoms with Gasteiger partial charge in [0, 0.05) is 25.3 Å². The van der Waals surface area contributed by atoms with Gasteiger partial charge in [0.1, 0.15) is 0 Å². The predicted molar refractivity (Wildman–Crippen MR) is 78.4 cm³/mol. The van der Waals surface area contributed by atoms with Crippen molar-refractivity contribution >= 4 is 0 Å². The molecular formula is C16H30N2O. The van der Waals surface area contributed by atoms with Gasteiger partial charge >= 0.3 is 0 Å². The molecule has 0 saturated carbocycles. The molecule has 3 rings (SSSR count). The molecule has 0 aromatic rings. The van der Waals surface area contributed by atoms with Crippen LogP contribution in [-0.2, 0) is 4.74 Å². The van der Waals surface area contributed by atoms with Crippen molar-refractivity contribution in [3.05, 3.63) is 0 Å². The van der Waals surface area contributed by atoms with Crippen LogP contribution < -0.4 is 5.32 Å². The van der Waals surface area contributed by atoms with Gasteiger partial charge in [0.05, 0.1) is 0 Å². The standard InChI is InChI=1S/C16H30N2O/c1-2-4-16(14-5-9-17-10-6-14)18(11-3-1)15-7-12-19-13-8-15/h14-17H,1-13H2. The van der Waals surface area contributed by atoms with Gasteiger partial charge in [-0.2, -0.15) is 0 Å². The molecule has 0 aromatic heterocycles. The predicted octanol–water partition coefficient (Wildman–Crippen LogP) is 2.41. The molecule has 1 N–H and O–H groups in total. The van der Waals surface area contributed by atoms with E-state index in [9.17, 15) is 0 Å². The quantitative estimate of drug-likeness (QED) is 0.830. The summed E-state index contributed by atoms with van der Waals surface area (Å²) in [6.07, 6.45) is 11.1. The van der Waals surface area contributed by atoms with E-state index < -0.39 is 0 Å². The maximum atomic E-state index is 5.57. The fraction of sp³-hybridized carbons (Fsp3) is 1.00. The highest BCUT2D eigenvalue weighted by molar-refractivity contribution is 4.89. The molecule has 0 bridgehead atoms. The summed E-state index contributed by atoms with van der Waals surface area (Å²) in [5.74, 6) is 0.946. The molecule has 3 heterocycles. The summed E-state index contributed by atoms with van der Waals surface area (Å²) in [7, 11) is 0. The van der Waals surface area contributed by atoms with Crippen LogP contribution >= 0.6 is 0 Å². The molecule has 3 fully saturated rings. The zero-order chi connectivity index (χ0) is 12.9. The first-order valence-electron chi connectivity index (χ1n) is 8.49. The summed E-state index contributed by atoms with van der Waals surface area (Å²) in [4.78, 5) is 2.91. The minimum atomic E-state index is 0.812. The van der Waals surface area contributed by atoms with Gasteiger partial charge in [-0.3, -0.25) is 4.90 Å². The average Bonchev–Trinajstić information content (AvgIpc) is 2.75. The third-order valence-corrected chi connectivity index (χ3v) is 5.43. The normalized spacial score (nSPS) is 33.2. The highest BCUT2D eigenvalue weighted by Crippen LogP contribution is 2.31. The summed E-state index contributed by atoms with van der Waals surface area (Å²) in [5.41, 5.74) is 0. The molecule has 3 aliphatic heterocycles. The zero-order valence-corrected chi connectivity index (χ0v) is 12.3. The van der Waals surface area contributed by atoms with Gasteiger partial charge in [0.25, 0.3) is 0 Å². The molecule has 0 aliphatic carbocycles. The van der Waals surface area contributed by atoms with Crippen molar-refractivity contribution in [1.82, 2.24) is 10.2 Å². The topological polar surface area (TPSA) is 24.5 Å². The van der Waals surface area contributed by atoms with E-state index in [2.05, 4.69) is 10.2 Å². The Labute approximate surface area is 118 Å². The average molecular weight is 266 g/mol. The Hall–Kier alpha value is -0.120. The van der Waals surface area contributed by atoms with Crippen LogP contribution in [0.5, 0.6) is 0 Å². The van der Waals surface area contributed by atoms with Crippen molar-refractivity contribution in [3.63, 3.8) is 0 Å². The van der Waals surface area contributed by atoms with Crippen LogP contribution in [0.3, 0.4) is 0 Å². The van der Waals surface area contributed by atoms with E-state index in [1.54, 1.807) is 0 Å². The van der Waals surface area contributed by atoms with E-state index in [0.717, 1.165) is 31.2 Å². The maximum Gasteiger partial charge on any atom is 0.0480 e. The summed E-state index contributed by atoms with van der Waals surface area (Å²) in [6, 6.07) is 1.68. The molecule has 0 radical (unpaired) electrons. The molecule has 3 saturated heterocycles. The van der Waals surface area contributed by atoms with Gasteiger partial charge in [-0.15, -0.1) is 0 Å². The third kappa shape index (κ3) is 3.50. The van der Waals surface area contributed by atoms with Gasteiger partial charge in [0.2, 0.25) is 0 Å². The lowest BCUT2D eigenvalue weighted by Crippen LogP contribution is -2.50. The zero-order valence-electron chi connectivity index (χ0n) is 12.3. The second-order valence-electron chi connectivity index (χ2n) is 6.59. The SMILES string of the molecule is C1CCC(C2CCNCC2)N(C2CCOCC2)CC1. The van der Waals surface area contributed by atoms with E-state index >= 15 is 0 Å². The lowest BCUT2D eigenvalue weighted by Gasteiger charge is -2.43. The van der Waals surface area contributed by atoms with E-state index in [0.29, 0.717) is 0 Å². The summed E-state index contributed by atoms with van der Waals surface area (Å²) >= 11 is 0. The Morgan fingerprint density at radius 3 is 2.42 bits per heavy atom.